The van der Waals surface area contributed by atoms with Gasteiger partial charge in [0.1, 0.15) is 0 Å². The van der Waals surface area contributed by atoms with Crippen LogP contribution in [0.2, 0.25) is 0 Å². The van der Waals surface area contributed by atoms with Crippen LogP contribution >= 0.6 is 11.8 Å². The van der Waals surface area contributed by atoms with Crippen molar-refractivity contribution >= 4 is 11.8 Å². The first-order chi connectivity index (χ1) is 7.38. The minimum Gasteiger partial charge on any atom is -0.381 e. The molecule has 1 aliphatic heterocycles. The summed E-state index contributed by atoms with van der Waals surface area (Å²) in [5.41, 5.74) is 0. The van der Waals surface area contributed by atoms with Crippen molar-refractivity contribution in [1.29, 1.82) is 0 Å². The first-order valence-electron chi connectivity index (χ1n) is 6.18. The number of hydrogen-bond acceptors (Lipinski definition) is 3. The van der Waals surface area contributed by atoms with Gasteiger partial charge in [-0.25, -0.2) is 0 Å². The molecule has 0 radical (unpaired) electrons. The zero-order valence-corrected chi connectivity index (χ0v) is 10.9. The van der Waals surface area contributed by atoms with E-state index < -0.39 is 0 Å². The van der Waals surface area contributed by atoms with Crippen LogP contribution in [0.5, 0.6) is 0 Å². The molecule has 1 fully saturated rings. The Morgan fingerprint density at radius 1 is 1.53 bits per heavy atom. The molecule has 1 heterocycles. The first-order valence-corrected chi connectivity index (χ1v) is 7.58. The first kappa shape index (κ1) is 13.3. The lowest BCUT2D eigenvalue weighted by Gasteiger charge is -2.31. The van der Waals surface area contributed by atoms with Crippen molar-refractivity contribution < 1.29 is 4.74 Å². The van der Waals surface area contributed by atoms with Crippen LogP contribution in [0, 0.1) is 5.92 Å². The molecular formula is C12H25NOS. The zero-order valence-electron chi connectivity index (χ0n) is 10.1. The number of nitrogens with one attached hydrogen (secondary N) is 1. The number of thioether (sulfide) groups is 1. The predicted molar refractivity (Wildman–Crippen MR) is 68.6 cm³/mol. The Morgan fingerprint density at radius 2 is 2.40 bits per heavy atom. The molecular weight excluding hydrogens is 206 g/mol. The van der Waals surface area contributed by atoms with E-state index in [1.54, 1.807) is 0 Å². The van der Waals surface area contributed by atoms with Crippen molar-refractivity contribution in [2.45, 2.75) is 38.6 Å². The summed E-state index contributed by atoms with van der Waals surface area (Å²) in [5.74, 6) is 2.01. The average molecular weight is 231 g/mol. The van der Waals surface area contributed by atoms with Crippen molar-refractivity contribution in [2.24, 2.45) is 5.92 Å². The summed E-state index contributed by atoms with van der Waals surface area (Å²) in [4.78, 5) is 0. The fraction of sp³-hybridized carbons (Fsp3) is 1.00. The molecule has 1 saturated heterocycles. The highest BCUT2D eigenvalue weighted by atomic mass is 32.2. The van der Waals surface area contributed by atoms with Gasteiger partial charge in [0.25, 0.3) is 0 Å². The third-order valence-corrected chi connectivity index (χ3v) is 3.70. The molecule has 90 valence electrons. The molecule has 0 aromatic rings. The Balaban J connectivity index is 2.30. The largest absolute Gasteiger partial charge is 0.381 e. The Hall–Kier alpha value is 0.270. The van der Waals surface area contributed by atoms with Gasteiger partial charge in [0.15, 0.2) is 0 Å². The maximum atomic E-state index is 5.58. The Bertz CT molecular complexity index is 141. The number of ether oxygens (including phenoxy) is 1. The van der Waals surface area contributed by atoms with Crippen LogP contribution in [0.4, 0.5) is 0 Å². The molecule has 0 amide bonds. The molecule has 2 nitrogen and oxygen atoms in total. The monoisotopic (exact) mass is 231 g/mol. The van der Waals surface area contributed by atoms with Crippen LogP contribution in [0.1, 0.15) is 32.6 Å². The summed E-state index contributed by atoms with van der Waals surface area (Å²) in [6.07, 6.45) is 7.29. The van der Waals surface area contributed by atoms with Crippen LogP contribution in [-0.4, -0.2) is 37.8 Å². The van der Waals surface area contributed by atoms with E-state index >= 15 is 0 Å². The summed E-state index contributed by atoms with van der Waals surface area (Å²) >= 11 is 1.95. The Kier molecular flexibility index (Phi) is 7.49. The van der Waals surface area contributed by atoms with Gasteiger partial charge in [0, 0.05) is 12.6 Å². The molecule has 1 aliphatic rings. The van der Waals surface area contributed by atoms with E-state index in [0.29, 0.717) is 6.04 Å². The van der Waals surface area contributed by atoms with Gasteiger partial charge < -0.3 is 10.1 Å². The average Bonchev–Trinajstić information content (AvgIpc) is 2.30. The van der Waals surface area contributed by atoms with E-state index in [1.807, 2.05) is 11.8 Å². The zero-order chi connectivity index (χ0) is 10.9. The second-order valence-electron chi connectivity index (χ2n) is 4.32. The second kappa shape index (κ2) is 8.43. The number of hydrogen-bond donors (Lipinski definition) is 1. The minimum atomic E-state index is 0.678. The third kappa shape index (κ3) is 5.23. The van der Waals surface area contributed by atoms with Crippen molar-refractivity contribution in [3.8, 4) is 0 Å². The molecule has 3 heteroatoms. The highest BCUT2D eigenvalue weighted by Crippen LogP contribution is 2.20. The van der Waals surface area contributed by atoms with Crippen molar-refractivity contribution in [3.63, 3.8) is 0 Å². The van der Waals surface area contributed by atoms with Gasteiger partial charge in [0.2, 0.25) is 0 Å². The van der Waals surface area contributed by atoms with Gasteiger partial charge in [-0.2, -0.15) is 11.8 Å². The summed E-state index contributed by atoms with van der Waals surface area (Å²) < 4.78 is 5.58. The smallest absolute Gasteiger partial charge is 0.0509 e. The molecule has 15 heavy (non-hydrogen) atoms. The standard InChI is InChI=1S/C12H25NOS/c1-3-7-13-12(6-9-15-2)11-5-4-8-14-10-11/h11-13H,3-10H2,1-2H3. The van der Waals surface area contributed by atoms with E-state index in [0.717, 1.165) is 25.7 Å². The quantitative estimate of drug-likeness (QED) is 0.727. The maximum absolute atomic E-state index is 5.58. The van der Waals surface area contributed by atoms with Gasteiger partial charge in [-0.3, -0.25) is 0 Å². The molecule has 0 aliphatic carbocycles. The molecule has 0 spiro atoms. The van der Waals surface area contributed by atoms with Crippen molar-refractivity contribution in [1.82, 2.24) is 5.32 Å². The topological polar surface area (TPSA) is 21.3 Å². The van der Waals surface area contributed by atoms with Crippen molar-refractivity contribution in [3.05, 3.63) is 0 Å². The van der Waals surface area contributed by atoms with Crippen molar-refractivity contribution in [2.75, 3.05) is 31.8 Å². The lowest BCUT2D eigenvalue weighted by molar-refractivity contribution is 0.0389. The molecule has 2 unspecified atom stereocenters. The summed E-state index contributed by atoms with van der Waals surface area (Å²) in [6, 6.07) is 0.678. The highest BCUT2D eigenvalue weighted by Gasteiger charge is 2.22. The van der Waals surface area contributed by atoms with Gasteiger partial charge in [-0.1, -0.05) is 6.92 Å². The number of rotatable bonds is 7. The van der Waals surface area contributed by atoms with Gasteiger partial charge >= 0.3 is 0 Å². The van der Waals surface area contributed by atoms with E-state index in [1.165, 1.54) is 31.4 Å². The Labute approximate surface area is 98.5 Å². The van der Waals surface area contributed by atoms with E-state index in [4.69, 9.17) is 4.74 Å². The second-order valence-corrected chi connectivity index (χ2v) is 5.30. The molecule has 0 aromatic heterocycles. The summed E-state index contributed by atoms with van der Waals surface area (Å²) in [6.45, 7) is 5.32. The molecule has 1 N–H and O–H groups in total. The summed E-state index contributed by atoms with van der Waals surface area (Å²) in [7, 11) is 0. The van der Waals surface area contributed by atoms with Crippen LogP contribution in [0.15, 0.2) is 0 Å². The molecule has 0 bridgehead atoms. The van der Waals surface area contributed by atoms with Gasteiger partial charge in [-0.15, -0.1) is 0 Å². The van der Waals surface area contributed by atoms with E-state index in [9.17, 15) is 0 Å². The Morgan fingerprint density at radius 3 is 3.00 bits per heavy atom. The predicted octanol–water partition coefficient (Wildman–Crippen LogP) is 2.53. The SMILES string of the molecule is CCCNC(CCSC)C1CCCOC1. The van der Waals surface area contributed by atoms with Gasteiger partial charge in [-0.05, 0) is 50.2 Å². The molecule has 1 rings (SSSR count). The van der Waals surface area contributed by atoms with Crippen LogP contribution in [-0.2, 0) is 4.74 Å². The van der Waals surface area contributed by atoms with Crippen LogP contribution < -0.4 is 5.32 Å². The molecule has 2 atom stereocenters. The fourth-order valence-electron chi connectivity index (χ4n) is 2.16. The normalized spacial score (nSPS) is 24.0. The lowest BCUT2D eigenvalue weighted by Crippen LogP contribution is -2.41. The van der Waals surface area contributed by atoms with E-state index in [2.05, 4.69) is 18.5 Å². The fourth-order valence-corrected chi connectivity index (χ4v) is 2.65. The summed E-state index contributed by atoms with van der Waals surface area (Å²) in [5, 5.41) is 3.68. The lowest BCUT2D eigenvalue weighted by atomic mass is 9.92. The molecule has 0 aromatic carbocycles. The van der Waals surface area contributed by atoms with E-state index in [-0.39, 0.29) is 0 Å². The van der Waals surface area contributed by atoms with Gasteiger partial charge in [0.05, 0.1) is 6.61 Å². The third-order valence-electron chi connectivity index (χ3n) is 3.05. The van der Waals surface area contributed by atoms with Crippen LogP contribution in [0.3, 0.4) is 0 Å². The highest BCUT2D eigenvalue weighted by molar-refractivity contribution is 7.98. The molecule has 0 saturated carbocycles. The van der Waals surface area contributed by atoms with Crippen LogP contribution in [0.25, 0.3) is 0 Å². The minimum absolute atomic E-state index is 0.678. The maximum Gasteiger partial charge on any atom is 0.0509 e.